The molecular weight excluding hydrogens is 450 g/mol. The number of nitrogens with zero attached hydrogens (tertiary/aromatic N) is 3. The molecule has 3 aliphatic heterocycles. The van der Waals surface area contributed by atoms with Gasteiger partial charge in [-0.2, -0.15) is 0 Å². The maximum Gasteiger partial charge on any atom is 0.338 e. The third kappa shape index (κ3) is 4.62. The number of rotatable bonds is 6. The van der Waals surface area contributed by atoms with Crippen molar-refractivity contribution in [1.82, 2.24) is 9.80 Å². The number of morpholine rings is 1. The fourth-order valence-electron chi connectivity index (χ4n) is 3.91. The monoisotopic (exact) mass is 473 g/mol. The van der Waals surface area contributed by atoms with Crippen LogP contribution in [0.1, 0.15) is 24.9 Å². The van der Waals surface area contributed by atoms with E-state index in [1.165, 1.54) is 17.8 Å². The summed E-state index contributed by atoms with van der Waals surface area (Å²) >= 11 is 7.73. The maximum absolute atomic E-state index is 13.0. The van der Waals surface area contributed by atoms with Crippen LogP contribution in [-0.2, 0) is 19.1 Å². The van der Waals surface area contributed by atoms with Crippen molar-refractivity contribution in [1.29, 1.82) is 0 Å². The number of amidine groups is 1. The van der Waals surface area contributed by atoms with E-state index in [0.717, 1.165) is 16.4 Å². The Morgan fingerprint density at radius 1 is 1.38 bits per heavy atom. The minimum absolute atomic E-state index is 0.0216. The van der Waals surface area contributed by atoms with Crippen LogP contribution in [0.25, 0.3) is 0 Å². The first-order valence-electron chi connectivity index (χ1n) is 10.3. The highest BCUT2D eigenvalue weighted by atomic mass is 35.5. The maximum atomic E-state index is 13.0. The van der Waals surface area contributed by atoms with Crippen molar-refractivity contribution in [2.45, 2.75) is 19.4 Å². The van der Waals surface area contributed by atoms with Gasteiger partial charge in [-0.1, -0.05) is 48.2 Å². The Morgan fingerprint density at radius 2 is 2.16 bits per heavy atom. The van der Waals surface area contributed by atoms with E-state index in [-0.39, 0.29) is 18.9 Å². The Morgan fingerprint density at radius 3 is 2.88 bits per heavy atom. The van der Waals surface area contributed by atoms with Crippen LogP contribution in [0.15, 0.2) is 64.3 Å². The van der Waals surface area contributed by atoms with Gasteiger partial charge >= 0.3 is 5.97 Å². The summed E-state index contributed by atoms with van der Waals surface area (Å²) in [7, 11) is 0. The average molecular weight is 474 g/mol. The minimum Gasteiger partial charge on any atom is -0.458 e. The van der Waals surface area contributed by atoms with Crippen molar-refractivity contribution in [3.63, 3.8) is 0 Å². The molecule has 1 unspecified atom stereocenters. The topological polar surface area (TPSA) is 71.4 Å². The molecular formula is C23H24ClN3O4S. The molecule has 0 N–H and O–H groups in total. The van der Waals surface area contributed by atoms with Crippen LogP contribution >= 0.6 is 23.4 Å². The second-order valence-corrected chi connectivity index (χ2v) is 8.78. The number of aliphatic imine (C=N–C) groups is 1. The largest absolute Gasteiger partial charge is 0.458 e. The van der Waals surface area contributed by atoms with Crippen molar-refractivity contribution in [2.24, 2.45) is 4.99 Å². The lowest BCUT2D eigenvalue weighted by Gasteiger charge is -2.37. The molecule has 1 atom stereocenters. The van der Waals surface area contributed by atoms with Gasteiger partial charge < -0.3 is 19.3 Å². The van der Waals surface area contributed by atoms with Crippen molar-refractivity contribution < 1.29 is 19.1 Å². The molecule has 168 valence electrons. The predicted molar refractivity (Wildman–Crippen MR) is 125 cm³/mol. The zero-order chi connectivity index (χ0) is 22.7. The highest BCUT2D eigenvalue weighted by Crippen LogP contribution is 2.45. The lowest BCUT2D eigenvalue weighted by molar-refractivity contribution is -0.138. The van der Waals surface area contributed by atoms with E-state index in [0.29, 0.717) is 42.6 Å². The number of carbonyl (C=O) groups is 2. The Bertz CT molecular complexity index is 1030. The fraction of sp³-hybridized carbons (Fsp3) is 0.348. The molecule has 1 saturated heterocycles. The number of benzene rings is 1. The number of ether oxygens (including phenoxy) is 2. The van der Waals surface area contributed by atoms with E-state index in [2.05, 4.69) is 11.6 Å². The average Bonchev–Trinajstić information content (AvgIpc) is 3.18. The molecule has 1 aromatic rings. The lowest BCUT2D eigenvalue weighted by Crippen LogP contribution is -2.42. The number of fused-ring (bicyclic) bond motifs is 1. The molecule has 3 aliphatic rings. The summed E-state index contributed by atoms with van der Waals surface area (Å²) in [5.74, 6) is -0.445. The van der Waals surface area contributed by atoms with Gasteiger partial charge in [-0.3, -0.25) is 4.79 Å². The molecule has 1 amide bonds. The van der Waals surface area contributed by atoms with Crippen molar-refractivity contribution in [3.8, 4) is 0 Å². The zero-order valence-corrected chi connectivity index (χ0v) is 19.3. The van der Waals surface area contributed by atoms with Gasteiger partial charge in [0.25, 0.3) is 0 Å². The molecule has 0 saturated carbocycles. The molecule has 1 aromatic carbocycles. The SMILES string of the molecule is C=CCOC(=O)C1=C(C)N=C2SC=C(CC(=O)N3CCOCC3)N2C1c1cccc(Cl)c1. The van der Waals surface area contributed by atoms with Crippen molar-refractivity contribution in [2.75, 3.05) is 32.9 Å². The number of hydrogen-bond donors (Lipinski definition) is 0. The molecule has 0 radical (unpaired) electrons. The van der Waals surface area contributed by atoms with Gasteiger partial charge in [0.05, 0.1) is 36.9 Å². The first-order valence-corrected chi connectivity index (χ1v) is 11.6. The number of halogens is 1. The van der Waals surface area contributed by atoms with E-state index >= 15 is 0 Å². The second kappa shape index (κ2) is 9.94. The second-order valence-electron chi connectivity index (χ2n) is 7.51. The van der Waals surface area contributed by atoms with Gasteiger partial charge in [0.2, 0.25) is 5.91 Å². The molecule has 1 fully saturated rings. The van der Waals surface area contributed by atoms with Crippen molar-refractivity contribution >= 4 is 40.4 Å². The molecule has 4 rings (SSSR count). The number of carbonyl (C=O) groups excluding carboxylic acids is 2. The first kappa shape index (κ1) is 22.6. The Labute approximate surface area is 196 Å². The molecule has 9 heteroatoms. The highest BCUT2D eigenvalue weighted by molar-refractivity contribution is 8.16. The van der Waals surface area contributed by atoms with E-state index in [4.69, 9.17) is 21.1 Å². The normalized spacial score (nSPS) is 20.5. The van der Waals surface area contributed by atoms with Crippen LogP contribution in [0, 0.1) is 0 Å². The van der Waals surface area contributed by atoms with E-state index in [1.54, 1.807) is 13.0 Å². The van der Waals surface area contributed by atoms with Gasteiger partial charge in [0, 0.05) is 23.8 Å². The summed E-state index contributed by atoms with van der Waals surface area (Å²) in [6.45, 7) is 7.76. The van der Waals surface area contributed by atoms with Gasteiger partial charge in [0.1, 0.15) is 6.61 Å². The summed E-state index contributed by atoms with van der Waals surface area (Å²) in [4.78, 5) is 34.4. The molecule has 7 nitrogen and oxygen atoms in total. The van der Waals surface area contributed by atoms with Gasteiger partial charge in [-0.25, -0.2) is 9.79 Å². The number of amides is 1. The highest BCUT2D eigenvalue weighted by Gasteiger charge is 2.41. The Hall–Kier alpha value is -2.55. The summed E-state index contributed by atoms with van der Waals surface area (Å²) < 4.78 is 10.7. The quantitative estimate of drug-likeness (QED) is 0.461. The molecule has 0 spiro atoms. The predicted octanol–water partition coefficient (Wildman–Crippen LogP) is 3.89. The Kier molecular flexibility index (Phi) is 7.03. The molecule has 0 bridgehead atoms. The molecule has 0 aromatic heterocycles. The van der Waals surface area contributed by atoms with E-state index < -0.39 is 12.0 Å². The van der Waals surface area contributed by atoms with Crippen LogP contribution in [0.5, 0.6) is 0 Å². The van der Waals surface area contributed by atoms with Crippen LogP contribution in [0.2, 0.25) is 5.02 Å². The number of allylic oxidation sites excluding steroid dienone is 1. The molecule has 32 heavy (non-hydrogen) atoms. The summed E-state index contributed by atoms with van der Waals surface area (Å²) in [6.07, 6.45) is 1.73. The number of esters is 1. The van der Waals surface area contributed by atoms with Crippen molar-refractivity contribution in [3.05, 3.63) is 69.9 Å². The number of hydrogen-bond acceptors (Lipinski definition) is 7. The van der Waals surface area contributed by atoms with Gasteiger partial charge in [-0.05, 0) is 30.0 Å². The Balaban J connectivity index is 1.69. The first-order chi connectivity index (χ1) is 15.5. The third-order valence-corrected chi connectivity index (χ3v) is 6.54. The molecule has 3 heterocycles. The number of thioether (sulfide) groups is 1. The van der Waals surface area contributed by atoms with E-state index in [9.17, 15) is 9.59 Å². The lowest BCUT2D eigenvalue weighted by atomic mass is 9.94. The molecule has 0 aliphatic carbocycles. The summed E-state index contributed by atoms with van der Waals surface area (Å²) in [5.41, 5.74) is 2.61. The zero-order valence-electron chi connectivity index (χ0n) is 17.8. The van der Waals surface area contributed by atoms with Crippen LogP contribution < -0.4 is 0 Å². The fourth-order valence-corrected chi connectivity index (χ4v) is 5.08. The van der Waals surface area contributed by atoms with Gasteiger partial charge in [-0.15, -0.1) is 0 Å². The summed E-state index contributed by atoms with van der Waals surface area (Å²) in [5, 5.41) is 3.21. The standard InChI is InChI=1S/C23H24ClN3O4S/c1-3-9-31-22(29)20-15(2)25-23-27(21(20)16-5-4-6-17(24)12-16)18(14-32-23)13-19(28)26-7-10-30-11-8-26/h3-6,12,14,21H,1,7-11,13H2,2H3. The summed E-state index contributed by atoms with van der Waals surface area (Å²) in [6, 6.07) is 6.87. The minimum atomic E-state index is -0.503. The van der Waals surface area contributed by atoms with Crippen LogP contribution in [-0.4, -0.2) is 59.8 Å². The van der Waals surface area contributed by atoms with Crippen LogP contribution in [0.4, 0.5) is 0 Å². The van der Waals surface area contributed by atoms with Crippen LogP contribution in [0.3, 0.4) is 0 Å². The van der Waals surface area contributed by atoms with Gasteiger partial charge in [0.15, 0.2) is 5.17 Å². The van der Waals surface area contributed by atoms with E-state index in [1.807, 2.05) is 33.4 Å². The third-order valence-electron chi connectivity index (χ3n) is 5.41. The smallest absolute Gasteiger partial charge is 0.338 e.